The van der Waals surface area contributed by atoms with Gasteiger partial charge in [-0.15, -0.1) is 0 Å². The SMILES string of the molecule is Cc1ccc(NC(=O)CN2CCCCC2)cc1C. The zero-order chi connectivity index (χ0) is 13.0. The van der Waals surface area contributed by atoms with Crippen LogP contribution in [0.25, 0.3) is 0 Å². The van der Waals surface area contributed by atoms with Crippen LogP contribution in [-0.4, -0.2) is 30.4 Å². The van der Waals surface area contributed by atoms with Gasteiger partial charge in [0.05, 0.1) is 6.54 Å². The van der Waals surface area contributed by atoms with Crippen LogP contribution in [0.4, 0.5) is 5.69 Å². The van der Waals surface area contributed by atoms with Gasteiger partial charge >= 0.3 is 0 Å². The molecular weight excluding hydrogens is 224 g/mol. The number of amides is 1. The van der Waals surface area contributed by atoms with E-state index in [1.54, 1.807) is 0 Å². The van der Waals surface area contributed by atoms with E-state index in [4.69, 9.17) is 0 Å². The van der Waals surface area contributed by atoms with Crippen LogP contribution in [0.5, 0.6) is 0 Å². The molecule has 1 aromatic carbocycles. The topological polar surface area (TPSA) is 32.3 Å². The lowest BCUT2D eigenvalue weighted by Crippen LogP contribution is -2.36. The highest BCUT2D eigenvalue weighted by Gasteiger charge is 2.13. The number of carbonyl (C=O) groups is 1. The second kappa shape index (κ2) is 6.01. The third-order valence-electron chi connectivity index (χ3n) is 3.61. The summed E-state index contributed by atoms with van der Waals surface area (Å²) in [5, 5.41) is 2.98. The van der Waals surface area contributed by atoms with Gasteiger partial charge in [0.25, 0.3) is 0 Å². The van der Waals surface area contributed by atoms with E-state index in [0.717, 1.165) is 18.8 Å². The molecule has 0 saturated carbocycles. The number of piperidine rings is 1. The minimum absolute atomic E-state index is 0.0974. The molecule has 0 unspecified atom stereocenters. The highest BCUT2D eigenvalue weighted by molar-refractivity contribution is 5.92. The monoisotopic (exact) mass is 246 g/mol. The van der Waals surface area contributed by atoms with Crippen molar-refractivity contribution >= 4 is 11.6 Å². The van der Waals surface area contributed by atoms with Gasteiger partial charge in [-0.2, -0.15) is 0 Å². The number of carbonyl (C=O) groups excluding carboxylic acids is 1. The number of likely N-dealkylation sites (tertiary alicyclic amines) is 1. The predicted octanol–water partition coefficient (Wildman–Crippen LogP) is 2.73. The van der Waals surface area contributed by atoms with Crippen LogP contribution < -0.4 is 5.32 Å². The number of nitrogens with zero attached hydrogens (tertiary/aromatic N) is 1. The molecule has 1 aliphatic rings. The highest BCUT2D eigenvalue weighted by Crippen LogP contribution is 2.14. The molecule has 0 aliphatic carbocycles. The van der Waals surface area contributed by atoms with Gasteiger partial charge in [0.1, 0.15) is 0 Å². The van der Waals surface area contributed by atoms with Crippen molar-refractivity contribution in [1.29, 1.82) is 0 Å². The maximum Gasteiger partial charge on any atom is 0.238 e. The summed E-state index contributed by atoms with van der Waals surface area (Å²) in [6.07, 6.45) is 3.74. The molecule has 1 saturated heterocycles. The van der Waals surface area contributed by atoms with E-state index in [-0.39, 0.29) is 5.91 Å². The zero-order valence-electron chi connectivity index (χ0n) is 11.3. The van der Waals surface area contributed by atoms with Gasteiger partial charge in [-0.1, -0.05) is 12.5 Å². The molecule has 3 heteroatoms. The summed E-state index contributed by atoms with van der Waals surface area (Å²) in [7, 11) is 0. The van der Waals surface area contributed by atoms with Crippen molar-refractivity contribution in [3.8, 4) is 0 Å². The molecule has 1 aliphatic heterocycles. The van der Waals surface area contributed by atoms with Crippen molar-refractivity contribution in [2.45, 2.75) is 33.1 Å². The maximum atomic E-state index is 11.9. The third kappa shape index (κ3) is 3.57. The fraction of sp³-hybridized carbons (Fsp3) is 0.533. The molecule has 3 nitrogen and oxygen atoms in total. The fourth-order valence-corrected chi connectivity index (χ4v) is 2.34. The van der Waals surface area contributed by atoms with Gasteiger partial charge in [-0.3, -0.25) is 9.69 Å². The molecule has 0 bridgehead atoms. The molecule has 0 radical (unpaired) electrons. The molecule has 1 amide bonds. The molecular formula is C15H22N2O. The minimum Gasteiger partial charge on any atom is -0.325 e. The van der Waals surface area contributed by atoms with Crippen LogP contribution in [0.1, 0.15) is 30.4 Å². The molecule has 18 heavy (non-hydrogen) atoms. The Bertz CT molecular complexity index is 423. The Hall–Kier alpha value is -1.35. The number of hydrogen-bond acceptors (Lipinski definition) is 2. The van der Waals surface area contributed by atoms with Crippen LogP contribution in [0.2, 0.25) is 0 Å². The van der Waals surface area contributed by atoms with Crippen molar-refractivity contribution in [3.63, 3.8) is 0 Å². The van der Waals surface area contributed by atoms with E-state index in [1.807, 2.05) is 18.2 Å². The second-order valence-corrected chi connectivity index (χ2v) is 5.18. The number of rotatable bonds is 3. The third-order valence-corrected chi connectivity index (χ3v) is 3.61. The van der Waals surface area contributed by atoms with Gasteiger partial charge in [0, 0.05) is 5.69 Å². The fourth-order valence-electron chi connectivity index (χ4n) is 2.34. The normalized spacial score (nSPS) is 16.6. The molecule has 2 rings (SSSR count). The van der Waals surface area contributed by atoms with Gasteiger partial charge < -0.3 is 5.32 Å². The van der Waals surface area contributed by atoms with Crippen molar-refractivity contribution < 1.29 is 4.79 Å². The number of aryl methyl sites for hydroxylation is 2. The number of hydrogen-bond donors (Lipinski definition) is 1. The quantitative estimate of drug-likeness (QED) is 0.889. The smallest absolute Gasteiger partial charge is 0.238 e. The van der Waals surface area contributed by atoms with Crippen molar-refractivity contribution in [3.05, 3.63) is 29.3 Å². The average molecular weight is 246 g/mol. The average Bonchev–Trinajstić information content (AvgIpc) is 2.35. The molecule has 0 spiro atoms. The lowest BCUT2D eigenvalue weighted by Gasteiger charge is -2.25. The Labute approximate surface area is 109 Å². The number of nitrogens with one attached hydrogen (secondary N) is 1. The summed E-state index contributed by atoms with van der Waals surface area (Å²) < 4.78 is 0. The first-order valence-electron chi connectivity index (χ1n) is 6.74. The molecule has 0 aromatic heterocycles. The van der Waals surface area contributed by atoms with Crippen molar-refractivity contribution in [2.24, 2.45) is 0 Å². The van der Waals surface area contributed by atoms with Crippen LogP contribution >= 0.6 is 0 Å². The Morgan fingerprint density at radius 1 is 1.17 bits per heavy atom. The van der Waals surface area contributed by atoms with Crippen molar-refractivity contribution in [1.82, 2.24) is 4.90 Å². The van der Waals surface area contributed by atoms with E-state index in [1.165, 1.54) is 30.4 Å². The largest absolute Gasteiger partial charge is 0.325 e. The summed E-state index contributed by atoms with van der Waals surface area (Å²) in [5.74, 6) is 0.0974. The summed E-state index contributed by atoms with van der Waals surface area (Å²) in [5.41, 5.74) is 3.37. The lowest BCUT2D eigenvalue weighted by molar-refractivity contribution is -0.117. The molecule has 98 valence electrons. The van der Waals surface area contributed by atoms with Gasteiger partial charge in [0.2, 0.25) is 5.91 Å². The van der Waals surface area contributed by atoms with E-state index < -0.39 is 0 Å². The van der Waals surface area contributed by atoms with Gasteiger partial charge in [0.15, 0.2) is 0 Å². The Balaban J connectivity index is 1.88. The molecule has 1 fully saturated rings. The van der Waals surface area contributed by atoms with Crippen LogP contribution in [0.15, 0.2) is 18.2 Å². The standard InChI is InChI=1S/C15H22N2O/c1-12-6-7-14(10-13(12)2)16-15(18)11-17-8-4-3-5-9-17/h6-7,10H,3-5,8-9,11H2,1-2H3,(H,16,18). The van der Waals surface area contributed by atoms with Gasteiger partial charge in [-0.25, -0.2) is 0 Å². The maximum absolute atomic E-state index is 11.9. The number of anilines is 1. The first kappa shape index (κ1) is 13.1. The molecule has 1 aromatic rings. The van der Waals surface area contributed by atoms with E-state index in [9.17, 15) is 4.79 Å². The Morgan fingerprint density at radius 3 is 2.56 bits per heavy atom. The van der Waals surface area contributed by atoms with Crippen molar-refractivity contribution in [2.75, 3.05) is 25.0 Å². The minimum atomic E-state index is 0.0974. The lowest BCUT2D eigenvalue weighted by atomic mass is 10.1. The highest BCUT2D eigenvalue weighted by atomic mass is 16.2. The van der Waals surface area contributed by atoms with Gasteiger partial charge in [-0.05, 0) is 63.0 Å². The molecule has 1 heterocycles. The van der Waals surface area contributed by atoms with Crippen LogP contribution in [-0.2, 0) is 4.79 Å². The summed E-state index contributed by atoms with van der Waals surface area (Å²) >= 11 is 0. The Kier molecular flexibility index (Phi) is 4.37. The van der Waals surface area contributed by atoms with Crippen LogP contribution in [0.3, 0.4) is 0 Å². The first-order chi connectivity index (χ1) is 8.65. The first-order valence-corrected chi connectivity index (χ1v) is 6.74. The summed E-state index contributed by atoms with van der Waals surface area (Å²) in [6.45, 7) is 6.78. The van der Waals surface area contributed by atoms with Crippen LogP contribution in [0, 0.1) is 13.8 Å². The second-order valence-electron chi connectivity index (χ2n) is 5.18. The summed E-state index contributed by atoms with van der Waals surface area (Å²) in [4.78, 5) is 14.2. The van der Waals surface area contributed by atoms with E-state index >= 15 is 0 Å². The van der Waals surface area contributed by atoms with E-state index in [0.29, 0.717) is 6.54 Å². The van der Waals surface area contributed by atoms with E-state index in [2.05, 4.69) is 24.1 Å². The zero-order valence-corrected chi connectivity index (χ0v) is 11.3. The Morgan fingerprint density at radius 2 is 1.89 bits per heavy atom. The predicted molar refractivity (Wildman–Crippen MR) is 74.8 cm³/mol. The molecule has 1 N–H and O–H groups in total. The summed E-state index contributed by atoms with van der Waals surface area (Å²) in [6, 6.07) is 6.05. The number of benzene rings is 1. The molecule has 0 atom stereocenters.